The fourth-order valence-corrected chi connectivity index (χ4v) is 2.01. The van der Waals surface area contributed by atoms with Crippen LogP contribution in [-0.4, -0.2) is 10.9 Å². The normalized spacial score (nSPS) is 10.5. The van der Waals surface area contributed by atoms with E-state index in [1.54, 1.807) is 12.1 Å². The van der Waals surface area contributed by atoms with Crippen molar-refractivity contribution in [3.05, 3.63) is 54.4 Å². The van der Waals surface area contributed by atoms with Gasteiger partial charge in [-0.25, -0.2) is 4.98 Å². The molecule has 1 heterocycles. The van der Waals surface area contributed by atoms with E-state index in [4.69, 9.17) is 9.15 Å². The monoisotopic (exact) mass is 282 g/mol. The van der Waals surface area contributed by atoms with E-state index in [-0.39, 0.29) is 12.5 Å². The average molecular weight is 282 g/mol. The fraction of sp³-hybridized carbons (Fsp3) is 0.125. The van der Waals surface area contributed by atoms with E-state index in [2.05, 4.69) is 10.3 Å². The van der Waals surface area contributed by atoms with Gasteiger partial charge in [0.25, 0.3) is 0 Å². The van der Waals surface area contributed by atoms with Gasteiger partial charge in [0.1, 0.15) is 11.3 Å². The highest BCUT2D eigenvalue weighted by atomic mass is 16.5. The van der Waals surface area contributed by atoms with Crippen molar-refractivity contribution in [3.63, 3.8) is 0 Å². The largest absolute Gasteiger partial charge is 0.482 e. The summed E-state index contributed by atoms with van der Waals surface area (Å²) >= 11 is 0. The Morgan fingerprint density at radius 2 is 1.95 bits per heavy atom. The number of hydrogen-bond acceptors (Lipinski definition) is 4. The highest BCUT2D eigenvalue weighted by Gasteiger charge is 2.08. The Balaban J connectivity index is 1.76. The summed E-state index contributed by atoms with van der Waals surface area (Å²) in [4.78, 5) is 15.5. The Kier molecular flexibility index (Phi) is 3.55. The predicted molar refractivity (Wildman–Crippen MR) is 79.1 cm³/mol. The first-order valence-corrected chi connectivity index (χ1v) is 6.56. The number of carbonyl (C=O) groups is 1. The lowest BCUT2D eigenvalue weighted by Crippen LogP contribution is -2.07. The molecule has 0 aliphatic rings. The Labute approximate surface area is 121 Å². The molecular weight excluding hydrogens is 268 g/mol. The van der Waals surface area contributed by atoms with Crippen molar-refractivity contribution < 1.29 is 13.9 Å². The molecule has 0 radical (unpaired) electrons. The van der Waals surface area contributed by atoms with E-state index in [0.29, 0.717) is 17.3 Å². The maximum Gasteiger partial charge on any atom is 0.233 e. The molecule has 0 saturated carbocycles. The Hall–Kier alpha value is -2.82. The molecule has 0 bridgehead atoms. The molecule has 0 atom stereocenters. The van der Waals surface area contributed by atoms with Gasteiger partial charge in [-0.2, -0.15) is 0 Å². The number of rotatable bonds is 4. The first kappa shape index (κ1) is 13.2. The van der Waals surface area contributed by atoms with Gasteiger partial charge in [0, 0.05) is 6.92 Å². The van der Waals surface area contributed by atoms with Crippen LogP contribution in [0.1, 0.15) is 12.8 Å². The third kappa shape index (κ3) is 3.02. The van der Waals surface area contributed by atoms with Crippen LogP contribution in [0.2, 0.25) is 0 Å². The molecule has 0 aliphatic heterocycles. The number of hydrogen-bond donors (Lipinski definition) is 1. The number of anilines is 1. The van der Waals surface area contributed by atoms with Gasteiger partial charge in [0.15, 0.2) is 12.2 Å². The Bertz CT molecular complexity index is 747. The fourth-order valence-electron chi connectivity index (χ4n) is 2.01. The quantitative estimate of drug-likeness (QED) is 0.797. The minimum atomic E-state index is -0.145. The number of nitrogens with one attached hydrogen (secondary N) is 1. The van der Waals surface area contributed by atoms with Crippen molar-refractivity contribution in [1.82, 2.24) is 4.98 Å². The maximum absolute atomic E-state index is 11.2. The van der Waals surface area contributed by atoms with Crippen LogP contribution in [0.4, 0.5) is 5.69 Å². The van der Waals surface area contributed by atoms with Crippen molar-refractivity contribution in [1.29, 1.82) is 0 Å². The van der Waals surface area contributed by atoms with Crippen LogP contribution in [0, 0.1) is 0 Å². The van der Waals surface area contributed by atoms with Crippen LogP contribution >= 0.6 is 0 Å². The van der Waals surface area contributed by atoms with Crippen molar-refractivity contribution in [2.45, 2.75) is 13.5 Å². The molecule has 5 heteroatoms. The molecule has 0 spiro atoms. The van der Waals surface area contributed by atoms with Crippen LogP contribution in [0.15, 0.2) is 52.9 Å². The smallest absolute Gasteiger partial charge is 0.233 e. The van der Waals surface area contributed by atoms with Gasteiger partial charge >= 0.3 is 0 Å². The third-order valence-corrected chi connectivity index (χ3v) is 2.89. The van der Waals surface area contributed by atoms with Crippen molar-refractivity contribution in [3.8, 4) is 5.75 Å². The second-order valence-corrected chi connectivity index (χ2v) is 4.54. The zero-order chi connectivity index (χ0) is 14.7. The molecule has 0 unspecified atom stereocenters. The summed E-state index contributed by atoms with van der Waals surface area (Å²) < 4.78 is 11.3. The number of nitrogens with zero attached hydrogens (tertiary/aromatic N) is 1. The van der Waals surface area contributed by atoms with E-state index >= 15 is 0 Å². The topological polar surface area (TPSA) is 64.4 Å². The number of para-hydroxylation sites is 4. The number of aromatic nitrogens is 1. The van der Waals surface area contributed by atoms with Crippen LogP contribution in [0.3, 0.4) is 0 Å². The van der Waals surface area contributed by atoms with Gasteiger partial charge in [-0.05, 0) is 24.3 Å². The third-order valence-electron chi connectivity index (χ3n) is 2.89. The van der Waals surface area contributed by atoms with Crippen LogP contribution < -0.4 is 10.1 Å². The molecule has 1 aromatic heterocycles. The summed E-state index contributed by atoms with van der Waals surface area (Å²) in [7, 11) is 0. The summed E-state index contributed by atoms with van der Waals surface area (Å²) in [6.45, 7) is 1.66. The van der Waals surface area contributed by atoms with Crippen molar-refractivity contribution in [2.24, 2.45) is 0 Å². The average Bonchev–Trinajstić information content (AvgIpc) is 2.88. The van der Waals surface area contributed by atoms with E-state index in [0.717, 1.165) is 11.1 Å². The first-order valence-electron chi connectivity index (χ1n) is 6.56. The minimum absolute atomic E-state index is 0.145. The van der Waals surface area contributed by atoms with E-state index in [1.165, 1.54) is 6.92 Å². The molecule has 106 valence electrons. The second kappa shape index (κ2) is 5.66. The van der Waals surface area contributed by atoms with Crippen LogP contribution in [0.25, 0.3) is 11.1 Å². The highest BCUT2D eigenvalue weighted by Crippen LogP contribution is 2.25. The molecule has 0 fully saturated rings. The van der Waals surface area contributed by atoms with Crippen molar-refractivity contribution in [2.75, 3.05) is 5.32 Å². The standard InChI is InChI=1S/C16H14N2O3/c1-11(19)17-12-6-2-4-8-14(12)20-10-16-18-13-7-3-5-9-15(13)21-16/h2-9H,10H2,1H3,(H,17,19). The van der Waals surface area contributed by atoms with Gasteiger partial charge in [-0.15, -0.1) is 0 Å². The van der Waals surface area contributed by atoms with Crippen LogP contribution in [0.5, 0.6) is 5.75 Å². The maximum atomic E-state index is 11.2. The summed E-state index contributed by atoms with van der Waals surface area (Å²) in [5.74, 6) is 0.927. The lowest BCUT2D eigenvalue weighted by molar-refractivity contribution is -0.114. The predicted octanol–water partition coefficient (Wildman–Crippen LogP) is 3.37. The lowest BCUT2D eigenvalue weighted by Gasteiger charge is -2.09. The number of benzene rings is 2. The van der Waals surface area contributed by atoms with Crippen molar-refractivity contribution >= 4 is 22.7 Å². The van der Waals surface area contributed by atoms with Gasteiger partial charge < -0.3 is 14.5 Å². The summed E-state index contributed by atoms with van der Waals surface area (Å²) in [5.41, 5.74) is 2.15. The molecule has 0 aliphatic carbocycles. The molecule has 0 saturated heterocycles. The Morgan fingerprint density at radius 1 is 1.19 bits per heavy atom. The van der Waals surface area contributed by atoms with Gasteiger partial charge in [0.05, 0.1) is 5.69 Å². The lowest BCUT2D eigenvalue weighted by atomic mass is 10.3. The molecule has 1 N–H and O–H groups in total. The Morgan fingerprint density at radius 3 is 2.76 bits per heavy atom. The van der Waals surface area contributed by atoms with E-state index in [1.807, 2.05) is 36.4 Å². The molecule has 3 aromatic rings. The highest BCUT2D eigenvalue weighted by molar-refractivity contribution is 5.90. The zero-order valence-corrected chi connectivity index (χ0v) is 11.5. The molecule has 21 heavy (non-hydrogen) atoms. The molecule has 3 rings (SSSR count). The van der Waals surface area contributed by atoms with E-state index < -0.39 is 0 Å². The van der Waals surface area contributed by atoms with Crippen LogP contribution in [-0.2, 0) is 11.4 Å². The summed E-state index contributed by atoms with van der Waals surface area (Å²) in [6, 6.07) is 14.8. The zero-order valence-electron chi connectivity index (χ0n) is 11.5. The number of amides is 1. The van der Waals surface area contributed by atoms with Gasteiger partial charge in [-0.1, -0.05) is 24.3 Å². The molecule has 5 nitrogen and oxygen atoms in total. The molecule has 2 aromatic carbocycles. The second-order valence-electron chi connectivity index (χ2n) is 4.54. The summed E-state index contributed by atoms with van der Waals surface area (Å²) in [6.07, 6.45) is 0. The number of ether oxygens (including phenoxy) is 1. The number of fused-ring (bicyclic) bond motifs is 1. The number of oxazole rings is 1. The summed E-state index contributed by atoms with van der Waals surface area (Å²) in [5, 5.41) is 2.72. The molecular formula is C16H14N2O3. The van der Waals surface area contributed by atoms with Gasteiger partial charge in [0.2, 0.25) is 11.8 Å². The minimum Gasteiger partial charge on any atom is -0.482 e. The molecule has 1 amide bonds. The van der Waals surface area contributed by atoms with E-state index in [9.17, 15) is 4.79 Å². The number of carbonyl (C=O) groups excluding carboxylic acids is 1. The first-order chi connectivity index (χ1) is 10.2. The van der Waals surface area contributed by atoms with Gasteiger partial charge in [-0.3, -0.25) is 4.79 Å². The SMILES string of the molecule is CC(=O)Nc1ccccc1OCc1nc2ccccc2o1.